The average molecular weight is 296 g/mol. The molecular weight excluding hydrogens is 280 g/mol. The SMILES string of the molecule is CCOC(=O)c1cn2c(-n3cnc(C4CC4)c3)cccc2n1. The monoisotopic (exact) mass is 296 g/mol. The summed E-state index contributed by atoms with van der Waals surface area (Å²) < 4.78 is 8.86. The zero-order chi connectivity index (χ0) is 15.1. The van der Waals surface area contributed by atoms with Gasteiger partial charge in [-0.3, -0.25) is 8.97 Å². The minimum Gasteiger partial charge on any atom is -0.461 e. The Labute approximate surface area is 127 Å². The number of ether oxygens (including phenoxy) is 1. The van der Waals surface area contributed by atoms with Gasteiger partial charge >= 0.3 is 5.97 Å². The fourth-order valence-electron chi connectivity index (χ4n) is 2.56. The highest BCUT2D eigenvalue weighted by atomic mass is 16.5. The van der Waals surface area contributed by atoms with E-state index in [1.807, 2.05) is 33.5 Å². The Morgan fingerprint density at radius 3 is 3.00 bits per heavy atom. The van der Waals surface area contributed by atoms with Gasteiger partial charge in [-0.2, -0.15) is 0 Å². The second-order valence-electron chi connectivity index (χ2n) is 5.44. The molecule has 3 aromatic heterocycles. The van der Waals surface area contributed by atoms with Crippen molar-refractivity contribution in [1.82, 2.24) is 18.9 Å². The maximum atomic E-state index is 11.8. The maximum Gasteiger partial charge on any atom is 0.358 e. The summed E-state index contributed by atoms with van der Waals surface area (Å²) in [6, 6.07) is 5.76. The number of carbonyl (C=O) groups is 1. The summed E-state index contributed by atoms with van der Waals surface area (Å²) in [5.41, 5.74) is 2.15. The second kappa shape index (κ2) is 4.98. The summed E-state index contributed by atoms with van der Waals surface area (Å²) in [5, 5.41) is 0. The number of hydrogen-bond acceptors (Lipinski definition) is 4. The van der Waals surface area contributed by atoms with Gasteiger partial charge in [-0.1, -0.05) is 6.07 Å². The molecule has 1 aliphatic rings. The zero-order valence-electron chi connectivity index (χ0n) is 12.3. The molecule has 0 bridgehead atoms. The molecule has 0 aromatic carbocycles. The third-order valence-corrected chi connectivity index (χ3v) is 3.82. The average Bonchev–Trinajstić information content (AvgIpc) is 3.10. The van der Waals surface area contributed by atoms with Crippen molar-refractivity contribution in [2.24, 2.45) is 0 Å². The lowest BCUT2D eigenvalue weighted by Crippen LogP contribution is -2.04. The second-order valence-corrected chi connectivity index (χ2v) is 5.44. The van der Waals surface area contributed by atoms with Gasteiger partial charge in [-0.05, 0) is 31.9 Å². The summed E-state index contributed by atoms with van der Waals surface area (Å²) in [6.07, 6.45) is 8.01. The lowest BCUT2D eigenvalue weighted by Gasteiger charge is -2.05. The summed E-state index contributed by atoms with van der Waals surface area (Å²) in [4.78, 5) is 20.6. The van der Waals surface area contributed by atoms with E-state index in [0.29, 0.717) is 23.9 Å². The van der Waals surface area contributed by atoms with Crippen molar-refractivity contribution in [3.8, 4) is 5.82 Å². The van der Waals surface area contributed by atoms with Gasteiger partial charge in [-0.15, -0.1) is 0 Å². The van der Waals surface area contributed by atoms with Crippen molar-refractivity contribution in [2.75, 3.05) is 6.61 Å². The molecule has 0 aliphatic heterocycles. The minimum absolute atomic E-state index is 0.317. The van der Waals surface area contributed by atoms with Crippen molar-refractivity contribution < 1.29 is 9.53 Å². The van der Waals surface area contributed by atoms with Crippen LogP contribution < -0.4 is 0 Å². The van der Waals surface area contributed by atoms with Gasteiger partial charge < -0.3 is 4.74 Å². The third-order valence-electron chi connectivity index (χ3n) is 3.82. The first kappa shape index (κ1) is 13.1. The number of rotatable bonds is 4. The molecule has 3 heterocycles. The van der Waals surface area contributed by atoms with Crippen LogP contribution in [-0.2, 0) is 4.74 Å². The van der Waals surface area contributed by atoms with E-state index in [1.165, 1.54) is 12.8 Å². The molecule has 4 rings (SSSR count). The van der Waals surface area contributed by atoms with Crippen LogP contribution in [0, 0.1) is 0 Å². The molecule has 1 saturated carbocycles. The molecular formula is C16H16N4O2. The van der Waals surface area contributed by atoms with E-state index in [1.54, 1.807) is 13.1 Å². The van der Waals surface area contributed by atoms with Gasteiger partial charge in [0, 0.05) is 18.3 Å². The van der Waals surface area contributed by atoms with Crippen LogP contribution in [0.4, 0.5) is 0 Å². The first-order valence-electron chi connectivity index (χ1n) is 7.46. The van der Waals surface area contributed by atoms with Crippen LogP contribution >= 0.6 is 0 Å². The van der Waals surface area contributed by atoms with Crippen molar-refractivity contribution in [3.63, 3.8) is 0 Å². The Hall–Kier alpha value is -2.63. The van der Waals surface area contributed by atoms with Crippen LogP contribution in [0.3, 0.4) is 0 Å². The highest BCUT2D eigenvalue weighted by Gasteiger charge is 2.26. The number of pyridine rings is 1. The van der Waals surface area contributed by atoms with E-state index in [2.05, 4.69) is 16.2 Å². The molecule has 1 fully saturated rings. The van der Waals surface area contributed by atoms with Crippen molar-refractivity contribution >= 4 is 11.6 Å². The van der Waals surface area contributed by atoms with E-state index in [0.717, 1.165) is 11.5 Å². The van der Waals surface area contributed by atoms with E-state index in [9.17, 15) is 4.79 Å². The lowest BCUT2D eigenvalue weighted by atomic mass is 10.3. The molecule has 0 spiro atoms. The fraction of sp³-hybridized carbons (Fsp3) is 0.312. The first-order chi connectivity index (χ1) is 10.8. The molecule has 0 radical (unpaired) electrons. The number of hydrogen-bond donors (Lipinski definition) is 0. The van der Waals surface area contributed by atoms with Gasteiger partial charge in [0.25, 0.3) is 0 Å². The van der Waals surface area contributed by atoms with Crippen LogP contribution in [0.1, 0.15) is 41.9 Å². The fourth-order valence-corrected chi connectivity index (χ4v) is 2.56. The van der Waals surface area contributed by atoms with Crippen LogP contribution in [0.2, 0.25) is 0 Å². The summed E-state index contributed by atoms with van der Waals surface area (Å²) >= 11 is 0. The van der Waals surface area contributed by atoms with Gasteiger partial charge in [0.1, 0.15) is 17.8 Å². The Kier molecular flexibility index (Phi) is 2.96. The molecule has 6 heteroatoms. The Morgan fingerprint density at radius 1 is 1.36 bits per heavy atom. The standard InChI is InChI=1S/C16H16N4O2/c1-2-22-16(21)13-9-20-14(18-13)4-3-5-15(20)19-8-12(17-10-19)11-6-7-11/h3-5,8-11H,2,6-7H2,1H3. The van der Waals surface area contributed by atoms with Gasteiger partial charge in [0.05, 0.1) is 12.3 Å². The Morgan fingerprint density at radius 2 is 2.23 bits per heavy atom. The molecule has 3 aromatic rings. The Balaban J connectivity index is 1.77. The normalized spacial score (nSPS) is 14.4. The molecule has 1 aliphatic carbocycles. The molecule has 112 valence electrons. The van der Waals surface area contributed by atoms with Gasteiger partial charge in [0.2, 0.25) is 0 Å². The van der Waals surface area contributed by atoms with Gasteiger partial charge in [0.15, 0.2) is 5.69 Å². The maximum absolute atomic E-state index is 11.8. The van der Waals surface area contributed by atoms with Crippen LogP contribution in [0.25, 0.3) is 11.5 Å². The smallest absolute Gasteiger partial charge is 0.358 e. The third kappa shape index (κ3) is 2.16. The predicted octanol–water partition coefficient (Wildman–Crippen LogP) is 2.57. The quantitative estimate of drug-likeness (QED) is 0.694. The van der Waals surface area contributed by atoms with Crippen molar-refractivity contribution in [2.45, 2.75) is 25.7 Å². The molecule has 0 atom stereocenters. The molecule has 0 amide bonds. The summed E-state index contributed by atoms with van der Waals surface area (Å²) in [7, 11) is 0. The molecule has 0 N–H and O–H groups in total. The number of aromatic nitrogens is 4. The first-order valence-corrected chi connectivity index (χ1v) is 7.46. The molecule has 6 nitrogen and oxygen atoms in total. The number of nitrogens with zero attached hydrogens (tertiary/aromatic N) is 4. The largest absolute Gasteiger partial charge is 0.461 e. The summed E-state index contributed by atoms with van der Waals surface area (Å²) in [5.74, 6) is 1.11. The van der Waals surface area contributed by atoms with Gasteiger partial charge in [-0.25, -0.2) is 14.8 Å². The molecule has 0 unspecified atom stereocenters. The highest BCUT2D eigenvalue weighted by molar-refractivity contribution is 5.88. The number of imidazole rings is 2. The number of carbonyl (C=O) groups excluding carboxylic acids is 1. The minimum atomic E-state index is -0.401. The number of esters is 1. The van der Waals surface area contributed by atoms with Crippen LogP contribution in [0.5, 0.6) is 0 Å². The predicted molar refractivity (Wildman–Crippen MR) is 80.2 cm³/mol. The van der Waals surface area contributed by atoms with E-state index in [4.69, 9.17) is 4.74 Å². The zero-order valence-corrected chi connectivity index (χ0v) is 12.3. The molecule has 0 saturated heterocycles. The van der Waals surface area contributed by atoms with Crippen molar-refractivity contribution in [1.29, 1.82) is 0 Å². The highest BCUT2D eigenvalue weighted by Crippen LogP contribution is 2.39. The topological polar surface area (TPSA) is 61.4 Å². The Bertz CT molecular complexity index is 845. The van der Waals surface area contributed by atoms with E-state index >= 15 is 0 Å². The van der Waals surface area contributed by atoms with Crippen LogP contribution in [0.15, 0.2) is 36.9 Å². The molecule has 22 heavy (non-hydrogen) atoms. The summed E-state index contributed by atoms with van der Waals surface area (Å²) in [6.45, 7) is 2.12. The number of fused-ring (bicyclic) bond motifs is 1. The lowest BCUT2D eigenvalue weighted by molar-refractivity contribution is 0.0520. The van der Waals surface area contributed by atoms with E-state index < -0.39 is 5.97 Å². The van der Waals surface area contributed by atoms with E-state index in [-0.39, 0.29) is 0 Å². The van der Waals surface area contributed by atoms with Crippen molar-refractivity contribution in [3.05, 3.63) is 48.3 Å². The van der Waals surface area contributed by atoms with Crippen LogP contribution in [-0.4, -0.2) is 31.5 Å².